The van der Waals surface area contributed by atoms with Gasteiger partial charge >= 0.3 is 0 Å². The lowest BCUT2D eigenvalue weighted by Gasteiger charge is -2.31. The number of aromatic hydroxyl groups is 1. The molecular weight excluding hydrogens is 298 g/mol. The summed E-state index contributed by atoms with van der Waals surface area (Å²) in [7, 11) is 0. The summed E-state index contributed by atoms with van der Waals surface area (Å²) in [6.45, 7) is 9.43. The van der Waals surface area contributed by atoms with Gasteiger partial charge in [0.15, 0.2) is 0 Å². The van der Waals surface area contributed by atoms with Crippen LogP contribution >= 0.6 is 0 Å². The smallest absolute Gasteiger partial charge is 0.115 e. The van der Waals surface area contributed by atoms with Gasteiger partial charge in [-0.05, 0) is 43.7 Å². The van der Waals surface area contributed by atoms with Crippen LogP contribution in [0.15, 0.2) is 53.6 Å². The molecule has 4 heteroatoms. The van der Waals surface area contributed by atoms with E-state index in [4.69, 9.17) is 5.10 Å². The first-order valence-electron chi connectivity index (χ1n) is 8.59. The zero-order chi connectivity index (χ0) is 16.9. The Balaban J connectivity index is 1.53. The quantitative estimate of drug-likeness (QED) is 0.843. The highest BCUT2D eigenvalue weighted by atomic mass is 16.3. The number of rotatable bonds is 4. The minimum atomic E-state index is 0.292. The minimum Gasteiger partial charge on any atom is -0.508 e. The predicted molar refractivity (Wildman–Crippen MR) is 97.5 cm³/mol. The second-order valence-electron chi connectivity index (χ2n) is 6.60. The number of aryl methyl sites for hydroxylation is 1. The number of quaternary nitrogens is 1. The lowest BCUT2D eigenvalue weighted by molar-refractivity contribution is -0.918. The summed E-state index contributed by atoms with van der Waals surface area (Å²) >= 11 is 0. The summed E-state index contributed by atoms with van der Waals surface area (Å²) in [5.74, 6) is 0.292. The van der Waals surface area contributed by atoms with Crippen molar-refractivity contribution in [1.82, 2.24) is 5.01 Å². The third-order valence-corrected chi connectivity index (χ3v) is 4.60. The fourth-order valence-electron chi connectivity index (χ4n) is 3.06. The van der Waals surface area contributed by atoms with Crippen molar-refractivity contribution in [3.8, 4) is 5.75 Å². The molecule has 0 saturated carbocycles. The van der Waals surface area contributed by atoms with Gasteiger partial charge in [0.25, 0.3) is 0 Å². The van der Waals surface area contributed by atoms with E-state index in [0.29, 0.717) is 5.75 Å². The summed E-state index contributed by atoms with van der Waals surface area (Å²) < 4.78 is 0. The number of nitrogens with zero attached hydrogens (tertiary/aromatic N) is 2. The van der Waals surface area contributed by atoms with Crippen LogP contribution in [0.3, 0.4) is 0 Å². The lowest BCUT2D eigenvalue weighted by Crippen LogP contribution is -3.13. The van der Waals surface area contributed by atoms with E-state index in [1.54, 1.807) is 17.0 Å². The fourth-order valence-corrected chi connectivity index (χ4v) is 3.06. The van der Waals surface area contributed by atoms with E-state index >= 15 is 0 Å². The number of piperazine rings is 1. The molecular formula is C20H26N3O+. The van der Waals surface area contributed by atoms with Crippen LogP contribution in [0.4, 0.5) is 0 Å². The summed E-state index contributed by atoms with van der Waals surface area (Å²) in [5.41, 5.74) is 4.78. The van der Waals surface area contributed by atoms with Crippen molar-refractivity contribution >= 4 is 5.71 Å². The second-order valence-corrected chi connectivity index (χ2v) is 6.60. The SMILES string of the molecule is C/C(=N\N1CC[NH+](Cc2ccc(C)cc2)CC1)c1ccc(O)cc1. The van der Waals surface area contributed by atoms with E-state index < -0.39 is 0 Å². The molecule has 0 spiro atoms. The van der Waals surface area contributed by atoms with Crippen molar-refractivity contribution in [1.29, 1.82) is 0 Å². The maximum absolute atomic E-state index is 9.37. The van der Waals surface area contributed by atoms with Crippen LogP contribution in [0.2, 0.25) is 0 Å². The van der Waals surface area contributed by atoms with Gasteiger partial charge in [0, 0.05) is 5.56 Å². The van der Waals surface area contributed by atoms with Crippen molar-refractivity contribution in [2.75, 3.05) is 26.2 Å². The van der Waals surface area contributed by atoms with E-state index in [2.05, 4.69) is 36.2 Å². The topological polar surface area (TPSA) is 40.3 Å². The van der Waals surface area contributed by atoms with E-state index in [9.17, 15) is 5.11 Å². The number of phenolic OH excluding ortho intramolecular Hbond substituents is 1. The number of hydrazone groups is 1. The van der Waals surface area contributed by atoms with Crippen molar-refractivity contribution in [2.45, 2.75) is 20.4 Å². The third-order valence-electron chi connectivity index (χ3n) is 4.60. The maximum Gasteiger partial charge on any atom is 0.115 e. The monoisotopic (exact) mass is 324 g/mol. The molecule has 0 aliphatic carbocycles. The zero-order valence-electron chi connectivity index (χ0n) is 14.5. The first kappa shape index (κ1) is 16.5. The summed E-state index contributed by atoms with van der Waals surface area (Å²) in [4.78, 5) is 1.62. The Morgan fingerprint density at radius 2 is 1.67 bits per heavy atom. The van der Waals surface area contributed by atoms with Gasteiger partial charge in [0.2, 0.25) is 0 Å². The molecule has 1 aliphatic rings. The van der Waals surface area contributed by atoms with E-state index in [1.165, 1.54) is 11.1 Å². The Morgan fingerprint density at radius 3 is 2.29 bits per heavy atom. The van der Waals surface area contributed by atoms with Crippen molar-refractivity contribution in [3.63, 3.8) is 0 Å². The van der Waals surface area contributed by atoms with E-state index in [0.717, 1.165) is 44.0 Å². The molecule has 2 aromatic rings. The number of phenols is 1. The van der Waals surface area contributed by atoms with Gasteiger partial charge in [0.05, 0.1) is 31.9 Å². The van der Waals surface area contributed by atoms with Crippen LogP contribution in [0.5, 0.6) is 5.75 Å². The van der Waals surface area contributed by atoms with Crippen molar-refractivity contribution < 1.29 is 10.0 Å². The fraction of sp³-hybridized carbons (Fsp3) is 0.350. The highest BCUT2D eigenvalue weighted by molar-refractivity contribution is 5.98. The Bertz CT molecular complexity index is 684. The van der Waals surface area contributed by atoms with Gasteiger partial charge in [-0.1, -0.05) is 29.8 Å². The highest BCUT2D eigenvalue weighted by Gasteiger charge is 2.19. The van der Waals surface area contributed by atoms with Crippen LogP contribution in [0.25, 0.3) is 0 Å². The summed E-state index contributed by atoms with van der Waals surface area (Å²) in [6, 6.07) is 16.1. The Kier molecular flexibility index (Phi) is 5.16. The normalized spacial score (nSPS) is 16.4. The van der Waals surface area contributed by atoms with Gasteiger partial charge in [-0.3, -0.25) is 5.01 Å². The third kappa shape index (κ3) is 4.36. The molecule has 1 heterocycles. The van der Waals surface area contributed by atoms with Gasteiger partial charge in [-0.15, -0.1) is 0 Å². The molecule has 2 aromatic carbocycles. The van der Waals surface area contributed by atoms with Crippen LogP contribution in [-0.2, 0) is 6.54 Å². The molecule has 1 fully saturated rings. The molecule has 0 atom stereocenters. The predicted octanol–water partition coefficient (Wildman–Crippen LogP) is 1.83. The van der Waals surface area contributed by atoms with Gasteiger partial charge in [0.1, 0.15) is 12.3 Å². The number of hydrogen-bond acceptors (Lipinski definition) is 3. The molecule has 0 radical (unpaired) electrons. The Hall–Kier alpha value is -2.33. The summed E-state index contributed by atoms with van der Waals surface area (Å²) in [5, 5.41) is 16.3. The lowest BCUT2D eigenvalue weighted by atomic mass is 10.1. The second kappa shape index (κ2) is 7.49. The molecule has 4 nitrogen and oxygen atoms in total. The number of nitrogens with one attached hydrogen (secondary N) is 1. The van der Waals surface area contributed by atoms with Crippen LogP contribution in [-0.4, -0.2) is 42.0 Å². The average Bonchev–Trinajstić information content (AvgIpc) is 2.59. The molecule has 0 unspecified atom stereocenters. The first-order valence-corrected chi connectivity index (χ1v) is 8.59. The average molecular weight is 324 g/mol. The number of benzene rings is 2. The molecule has 1 aliphatic heterocycles. The van der Waals surface area contributed by atoms with Crippen LogP contribution in [0.1, 0.15) is 23.6 Å². The van der Waals surface area contributed by atoms with Crippen molar-refractivity contribution in [2.24, 2.45) is 5.10 Å². The van der Waals surface area contributed by atoms with Gasteiger partial charge in [-0.2, -0.15) is 5.10 Å². The molecule has 24 heavy (non-hydrogen) atoms. The molecule has 0 amide bonds. The molecule has 3 rings (SSSR count). The Labute approximate surface area is 144 Å². The zero-order valence-corrected chi connectivity index (χ0v) is 14.5. The first-order chi connectivity index (χ1) is 11.6. The van der Waals surface area contributed by atoms with Gasteiger partial charge < -0.3 is 10.0 Å². The van der Waals surface area contributed by atoms with Crippen LogP contribution < -0.4 is 4.90 Å². The number of hydrogen-bond donors (Lipinski definition) is 2. The van der Waals surface area contributed by atoms with E-state index in [-0.39, 0.29) is 0 Å². The maximum atomic E-state index is 9.37. The van der Waals surface area contributed by atoms with Crippen molar-refractivity contribution in [3.05, 3.63) is 65.2 Å². The largest absolute Gasteiger partial charge is 0.508 e. The molecule has 126 valence electrons. The molecule has 2 N–H and O–H groups in total. The highest BCUT2D eigenvalue weighted by Crippen LogP contribution is 2.11. The van der Waals surface area contributed by atoms with Crippen LogP contribution in [0, 0.1) is 6.92 Å². The standard InChI is InChI=1S/C20H25N3O/c1-16-3-5-18(6-4-16)15-22-11-13-23(14-12-22)21-17(2)19-7-9-20(24)10-8-19/h3-10,24H,11-15H2,1-2H3/p+1/b21-17+. The summed E-state index contributed by atoms with van der Waals surface area (Å²) in [6.07, 6.45) is 0. The molecule has 0 bridgehead atoms. The minimum absolute atomic E-state index is 0.292. The van der Waals surface area contributed by atoms with E-state index in [1.807, 2.05) is 19.1 Å². The molecule has 0 aromatic heterocycles. The Morgan fingerprint density at radius 1 is 1.04 bits per heavy atom. The van der Waals surface area contributed by atoms with Gasteiger partial charge in [-0.25, -0.2) is 0 Å². The molecule has 1 saturated heterocycles.